The summed E-state index contributed by atoms with van der Waals surface area (Å²) < 4.78 is 31.4. The van der Waals surface area contributed by atoms with Gasteiger partial charge in [-0.3, -0.25) is 0 Å². The number of carboxylic acid groups (broad SMARTS) is 1. The Morgan fingerprint density at radius 1 is 1.35 bits per heavy atom. The third kappa shape index (κ3) is 5.68. The van der Waals surface area contributed by atoms with E-state index in [-0.39, 0.29) is 24.0 Å². The van der Waals surface area contributed by atoms with Crippen molar-refractivity contribution in [1.82, 2.24) is 4.72 Å². The van der Waals surface area contributed by atoms with Crippen molar-refractivity contribution >= 4 is 16.0 Å². The molecule has 7 heteroatoms. The van der Waals surface area contributed by atoms with E-state index in [0.29, 0.717) is 12.2 Å². The molecule has 6 nitrogen and oxygen atoms in total. The highest BCUT2D eigenvalue weighted by Crippen LogP contribution is 2.08. The van der Waals surface area contributed by atoms with Crippen molar-refractivity contribution in [2.24, 2.45) is 0 Å². The van der Waals surface area contributed by atoms with Crippen LogP contribution in [0.2, 0.25) is 0 Å². The molecule has 2 N–H and O–H groups in total. The number of sulfonamides is 1. The molecule has 0 saturated carbocycles. The molecule has 0 bridgehead atoms. The summed E-state index contributed by atoms with van der Waals surface area (Å²) in [7, 11) is -3.46. The molecule has 0 aliphatic heterocycles. The van der Waals surface area contributed by atoms with Gasteiger partial charge < -0.3 is 9.84 Å². The fraction of sp³-hybridized carbons (Fsp3) is 0.462. The number of hydrogen-bond acceptors (Lipinski definition) is 4. The lowest BCUT2D eigenvalue weighted by atomic mass is 10.1. The van der Waals surface area contributed by atoms with Gasteiger partial charge in [0.2, 0.25) is 10.0 Å². The number of benzene rings is 1. The largest absolute Gasteiger partial charge is 0.478 e. The van der Waals surface area contributed by atoms with Crippen molar-refractivity contribution in [3.8, 4) is 0 Å². The lowest BCUT2D eigenvalue weighted by Gasteiger charge is -2.13. The number of nitrogens with one attached hydrogen (secondary N) is 1. The Morgan fingerprint density at radius 2 is 1.95 bits per heavy atom. The van der Waals surface area contributed by atoms with Gasteiger partial charge >= 0.3 is 5.97 Å². The molecular weight excluding hydrogens is 282 g/mol. The maximum absolute atomic E-state index is 11.8. The summed E-state index contributed by atoms with van der Waals surface area (Å²) in [5.41, 5.74) is 0.663. The van der Waals surface area contributed by atoms with Crippen LogP contribution in [0.1, 0.15) is 29.8 Å². The van der Waals surface area contributed by atoms with Gasteiger partial charge in [-0.2, -0.15) is 0 Å². The summed E-state index contributed by atoms with van der Waals surface area (Å²) in [5.74, 6) is -1.23. The minimum Gasteiger partial charge on any atom is -0.478 e. The van der Waals surface area contributed by atoms with Gasteiger partial charge in [0.05, 0.1) is 17.4 Å². The Hall–Kier alpha value is -1.44. The Bertz CT molecular complexity index is 538. The maximum Gasteiger partial charge on any atom is 0.335 e. The van der Waals surface area contributed by atoms with Gasteiger partial charge in [0.25, 0.3) is 0 Å². The van der Waals surface area contributed by atoms with Crippen LogP contribution in [0.25, 0.3) is 0 Å². The molecule has 0 aliphatic carbocycles. The standard InChI is InChI=1S/C13H19NO5S/c1-3-19-10(2)8-14-20(17,18)9-11-4-6-12(7-5-11)13(15)16/h4-7,10,14H,3,8-9H2,1-2H3,(H,15,16). The van der Waals surface area contributed by atoms with E-state index in [2.05, 4.69) is 4.72 Å². The van der Waals surface area contributed by atoms with E-state index >= 15 is 0 Å². The normalized spacial score (nSPS) is 13.1. The lowest BCUT2D eigenvalue weighted by Crippen LogP contribution is -2.33. The first kappa shape index (κ1) is 16.6. The summed E-state index contributed by atoms with van der Waals surface area (Å²) in [6.07, 6.45) is -0.191. The quantitative estimate of drug-likeness (QED) is 0.753. The van der Waals surface area contributed by atoms with Gasteiger partial charge in [0.1, 0.15) is 0 Å². The molecule has 0 fully saturated rings. The zero-order valence-corrected chi connectivity index (χ0v) is 12.3. The Labute approximate surface area is 118 Å². The first-order chi connectivity index (χ1) is 9.34. The van der Waals surface area contributed by atoms with Crippen LogP contribution in [0, 0.1) is 0 Å². The summed E-state index contributed by atoms with van der Waals surface area (Å²) in [4.78, 5) is 10.7. The van der Waals surface area contributed by atoms with Crippen LogP contribution >= 0.6 is 0 Å². The van der Waals surface area contributed by atoms with Crippen molar-refractivity contribution in [2.75, 3.05) is 13.2 Å². The number of ether oxygens (including phenoxy) is 1. The van der Waals surface area contributed by atoms with E-state index in [4.69, 9.17) is 9.84 Å². The third-order valence-corrected chi connectivity index (χ3v) is 3.92. The fourth-order valence-corrected chi connectivity index (χ4v) is 2.82. The van der Waals surface area contributed by atoms with Crippen molar-refractivity contribution in [3.05, 3.63) is 35.4 Å². The predicted molar refractivity (Wildman–Crippen MR) is 75.1 cm³/mol. The molecule has 0 radical (unpaired) electrons. The summed E-state index contributed by atoms with van der Waals surface area (Å²) in [5, 5.41) is 8.76. The molecule has 0 heterocycles. The van der Waals surface area contributed by atoms with Gasteiger partial charge in [-0.15, -0.1) is 0 Å². The first-order valence-electron chi connectivity index (χ1n) is 6.25. The molecule has 1 aromatic carbocycles. The highest BCUT2D eigenvalue weighted by atomic mass is 32.2. The number of carbonyl (C=O) groups is 1. The SMILES string of the molecule is CCOC(C)CNS(=O)(=O)Cc1ccc(C(=O)O)cc1. The second-order valence-electron chi connectivity index (χ2n) is 4.38. The number of rotatable bonds is 8. The van der Waals surface area contributed by atoms with Crippen molar-refractivity contribution in [2.45, 2.75) is 25.7 Å². The molecule has 20 heavy (non-hydrogen) atoms. The van der Waals surface area contributed by atoms with Gasteiger partial charge in [-0.25, -0.2) is 17.9 Å². The average molecular weight is 301 g/mol. The molecule has 1 atom stereocenters. The summed E-state index contributed by atoms with van der Waals surface area (Å²) >= 11 is 0. The molecule has 0 spiro atoms. The summed E-state index contributed by atoms with van der Waals surface area (Å²) in [6, 6.07) is 5.76. The second-order valence-corrected chi connectivity index (χ2v) is 6.18. The molecule has 1 unspecified atom stereocenters. The van der Waals surface area contributed by atoms with Crippen LogP contribution in [0.4, 0.5) is 0 Å². The van der Waals surface area contributed by atoms with E-state index in [1.807, 2.05) is 6.92 Å². The van der Waals surface area contributed by atoms with E-state index in [9.17, 15) is 13.2 Å². The molecule has 1 rings (SSSR count). The van der Waals surface area contributed by atoms with E-state index in [0.717, 1.165) is 0 Å². The van der Waals surface area contributed by atoms with Gasteiger partial charge in [0, 0.05) is 13.2 Å². The lowest BCUT2D eigenvalue weighted by molar-refractivity contribution is 0.0696. The number of hydrogen-bond donors (Lipinski definition) is 2. The molecule has 0 amide bonds. The van der Waals surface area contributed by atoms with Gasteiger partial charge in [-0.1, -0.05) is 12.1 Å². The third-order valence-electron chi connectivity index (χ3n) is 2.60. The zero-order valence-electron chi connectivity index (χ0n) is 11.5. The minimum absolute atomic E-state index is 0.129. The van der Waals surface area contributed by atoms with Gasteiger partial charge in [0.15, 0.2) is 0 Å². The Balaban J connectivity index is 2.59. The minimum atomic E-state index is -3.46. The Kier molecular flexibility index (Phi) is 6.12. The highest BCUT2D eigenvalue weighted by molar-refractivity contribution is 7.88. The van der Waals surface area contributed by atoms with Crippen LogP contribution in [0.5, 0.6) is 0 Å². The van der Waals surface area contributed by atoms with E-state index in [1.165, 1.54) is 24.3 Å². The molecular formula is C13H19NO5S. The predicted octanol–water partition coefficient (Wildman–Crippen LogP) is 1.23. The average Bonchev–Trinajstić information content (AvgIpc) is 2.37. The highest BCUT2D eigenvalue weighted by Gasteiger charge is 2.13. The smallest absolute Gasteiger partial charge is 0.335 e. The van der Waals surface area contributed by atoms with Crippen LogP contribution in [-0.4, -0.2) is 38.7 Å². The monoisotopic (exact) mass is 301 g/mol. The molecule has 0 aromatic heterocycles. The van der Waals surface area contributed by atoms with Crippen molar-refractivity contribution in [3.63, 3.8) is 0 Å². The van der Waals surface area contributed by atoms with Gasteiger partial charge in [-0.05, 0) is 31.5 Å². The van der Waals surface area contributed by atoms with Crippen molar-refractivity contribution < 1.29 is 23.1 Å². The molecule has 0 aliphatic rings. The Morgan fingerprint density at radius 3 is 2.45 bits per heavy atom. The molecule has 0 saturated heterocycles. The van der Waals surface area contributed by atoms with Crippen LogP contribution in [0.15, 0.2) is 24.3 Å². The maximum atomic E-state index is 11.8. The topological polar surface area (TPSA) is 92.7 Å². The molecule has 112 valence electrons. The fourth-order valence-electron chi connectivity index (χ4n) is 1.60. The molecule has 1 aromatic rings. The second kappa shape index (κ2) is 7.37. The van der Waals surface area contributed by atoms with Crippen LogP contribution < -0.4 is 4.72 Å². The number of carboxylic acids is 1. The zero-order chi connectivity index (χ0) is 15.2. The van der Waals surface area contributed by atoms with Crippen LogP contribution in [0.3, 0.4) is 0 Å². The van der Waals surface area contributed by atoms with E-state index in [1.54, 1.807) is 6.92 Å². The van der Waals surface area contributed by atoms with Crippen LogP contribution in [-0.2, 0) is 20.5 Å². The first-order valence-corrected chi connectivity index (χ1v) is 7.90. The van der Waals surface area contributed by atoms with Crippen molar-refractivity contribution in [1.29, 1.82) is 0 Å². The summed E-state index contributed by atoms with van der Waals surface area (Å²) in [6.45, 7) is 4.37. The number of aromatic carboxylic acids is 1. The van der Waals surface area contributed by atoms with E-state index < -0.39 is 16.0 Å².